The van der Waals surface area contributed by atoms with Gasteiger partial charge in [-0.15, -0.1) is 0 Å². The lowest BCUT2D eigenvalue weighted by molar-refractivity contribution is 0.469. The molecule has 0 amide bonds. The van der Waals surface area contributed by atoms with Crippen molar-refractivity contribution >= 4 is 5.82 Å². The van der Waals surface area contributed by atoms with Crippen LogP contribution in [0.1, 0.15) is 18.2 Å². The minimum atomic E-state index is -0.512. The molecule has 2 rings (SSSR count). The van der Waals surface area contributed by atoms with Gasteiger partial charge in [0.1, 0.15) is 17.4 Å². The van der Waals surface area contributed by atoms with Gasteiger partial charge in [0, 0.05) is 29.9 Å². The highest BCUT2D eigenvalue weighted by Gasteiger charge is 2.12. The summed E-state index contributed by atoms with van der Waals surface area (Å²) in [6.07, 6.45) is 0.816. The van der Waals surface area contributed by atoms with E-state index in [1.165, 1.54) is 12.1 Å². The molecule has 1 aromatic carbocycles. The number of hydrogen-bond acceptors (Lipinski definition) is 4. The molecule has 2 aromatic rings. The summed E-state index contributed by atoms with van der Waals surface area (Å²) in [5.74, 6) is 0.478. The van der Waals surface area contributed by atoms with Crippen molar-refractivity contribution in [3.63, 3.8) is 0 Å². The first-order valence-electron chi connectivity index (χ1n) is 6.10. The van der Waals surface area contributed by atoms with E-state index in [0.29, 0.717) is 11.4 Å². The smallest absolute Gasteiger partial charge is 0.162 e. The Kier molecular flexibility index (Phi) is 3.64. The molecule has 0 unspecified atom stereocenters. The van der Waals surface area contributed by atoms with Crippen LogP contribution in [0.25, 0.3) is 11.4 Å². The van der Waals surface area contributed by atoms with Gasteiger partial charge < -0.3 is 10.4 Å². The molecular weight excluding hydrogens is 245 g/mol. The van der Waals surface area contributed by atoms with Crippen LogP contribution in [0, 0.1) is 12.7 Å². The second-order valence-corrected chi connectivity index (χ2v) is 4.26. The number of rotatable bonds is 3. The van der Waals surface area contributed by atoms with E-state index in [-0.39, 0.29) is 5.75 Å². The summed E-state index contributed by atoms with van der Waals surface area (Å²) in [4.78, 5) is 8.75. The van der Waals surface area contributed by atoms with Crippen molar-refractivity contribution in [1.82, 2.24) is 9.97 Å². The van der Waals surface area contributed by atoms with Gasteiger partial charge in [-0.2, -0.15) is 0 Å². The lowest BCUT2D eigenvalue weighted by Crippen LogP contribution is -2.05. The predicted molar refractivity (Wildman–Crippen MR) is 72.8 cm³/mol. The van der Waals surface area contributed by atoms with Crippen molar-refractivity contribution in [2.24, 2.45) is 0 Å². The summed E-state index contributed by atoms with van der Waals surface area (Å²) in [6, 6.07) is 3.80. The minimum absolute atomic E-state index is 0.137. The molecule has 0 spiro atoms. The number of nitrogens with zero attached hydrogens (tertiary/aromatic N) is 2. The van der Waals surface area contributed by atoms with E-state index >= 15 is 0 Å². The first-order valence-corrected chi connectivity index (χ1v) is 6.10. The Morgan fingerprint density at radius 3 is 2.58 bits per heavy atom. The highest BCUT2D eigenvalue weighted by molar-refractivity contribution is 5.61. The monoisotopic (exact) mass is 261 g/mol. The third-order valence-electron chi connectivity index (χ3n) is 2.94. The van der Waals surface area contributed by atoms with E-state index in [1.54, 1.807) is 7.05 Å². The van der Waals surface area contributed by atoms with E-state index in [9.17, 15) is 9.50 Å². The number of anilines is 1. The number of aromatic hydroxyl groups is 1. The molecule has 19 heavy (non-hydrogen) atoms. The third kappa shape index (κ3) is 2.65. The zero-order chi connectivity index (χ0) is 14.0. The van der Waals surface area contributed by atoms with E-state index in [4.69, 9.17) is 0 Å². The van der Waals surface area contributed by atoms with Gasteiger partial charge in [-0.3, -0.25) is 0 Å². The van der Waals surface area contributed by atoms with Gasteiger partial charge in [0.05, 0.1) is 0 Å². The normalized spacial score (nSPS) is 10.5. The van der Waals surface area contributed by atoms with E-state index in [0.717, 1.165) is 29.6 Å². The summed E-state index contributed by atoms with van der Waals surface area (Å²) >= 11 is 0. The van der Waals surface area contributed by atoms with Crippen LogP contribution < -0.4 is 5.32 Å². The van der Waals surface area contributed by atoms with Gasteiger partial charge in [0.2, 0.25) is 0 Å². The molecule has 0 atom stereocenters. The highest BCUT2D eigenvalue weighted by atomic mass is 19.1. The van der Waals surface area contributed by atoms with Crippen molar-refractivity contribution in [2.75, 3.05) is 12.4 Å². The third-order valence-corrected chi connectivity index (χ3v) is 2.94. The average Bonchev–Trinajstić information content (AvgIpc) is 2.36. The summed E-state index contributed by atoms with van der Waals surface area (Å²) in [7, 11) is 1.79. The van der Waals surface area contributed by atoms with E-state index < -0.39 is 5.82 Å². The first-order chi connectivity index (χ1) is 9.05. The van der Waals surface area contributed by atoms with Gasteiger partial charge >= 0.3 is 0 Å². The number of halogens is 1. The maximum atomic E-state index is 13.3. The number of phenolic OH excluding ortho intramolecular Hbond substituents is 1. The van der Waals surface area contributed by atoms with Crippen molar-refractivity contribution in [1.29, 1.82) is 0 Å². The number of phenols is 1. The molecule has 0 aliphatic carbocycles. The largest absolute Gasteiger partial charge is 0.508 e. The maximum absolute atomic E-state index is 13.3. The molecule has 5 heteroatoms. The summed E-state index contributed by atoms with van der Waals surface area (Å²) in [5, 5.41) is 12.5. The second-order valence-electron chi connectivity index (χ2n) is 4.26. The van der Waals surface area contributed by atoms with Crippen LogP contribution in [0.5, 0.6) is 5.75 Å². The Morgan fingerprint density at radius 1 is 1.26 bits per heavy atom. The average molecular weight is 261 g/mol. The summed E-state index contributed by atoms with van der Waals surface area (Å²) < 4.78 is 13.3. The van der Waals surface area contributed by atoms with Crippen LogP contribution >= 0.6 is 0 Å². The standard InChI is InChI=1S/C14H16FN3O/c1-4-12-8(2)17-13(18-14(12)16-3)9-5-10(15)7-11(19)6-9/h5-7,19H,4H2,1-3H3,(H,16,17,18). The van der Waals surface area contributed by atoms with Gasteiger partial charge in [0.25, 0.3) is 0 Å². The lowest BCUT2D eigenvalue weighted by Gasteiger charge is -2.11. The molecule has 0 saturated heterocycles. The Labute approximate surface area is 111 Å². The molecule has 0 aliphatic rings. The molecule has 0 fully saturated rings. The van der Waals surface area contributed by atoms with Crippen molar-refractivity contribution in [3.05, 3.63) is 35.3 Å². The number of aryl methyl sites for hydroxylation is 1. The van der Waals surface area contributed by atoms with Crippen molar-refractivity contribution in [2.45, 2.75) is 20.3 Å². The summed E-state index contributed by atoms with van der Waals surface area (Å²) in [5.41, 5.74) is 2.34. The molecular formula is C14H16FN3O. The van der Waals surface area contributed by atoms with Crippen molar-refractivity contribution in [3.8, 4) is 17.1 Å². The Bertz CT molecular complexity index is 594. The fourth-order valence-electron chi connectivity index (χ4n) is 2.06. The first kappa shape index (κ1) is 13.3. The van der Waals surface area contributed by atoms with Crippen LogP contribution in [0.15, 0.2) is 18.2 Å². The van der Waals surface area contributed by atoms with Crippen LogP contribution in [-0.2, 0) is 6.42 Å². The Morgan fingerprint density at radius 2 is 2.00 bits per heavy atom. The number of benzene rings is 1. The number of hydrogen-bond donors (Lipinski definition) is 2. The van der Waals surface area contributed by atoms with Crippen LogP contribution in [0.4, 0.5) is 10.2 Å². The van der Waals surface area contributed by atoms with Crippen LogP contribution in [0.2, 0.25) is 0 Å². The molecule has 0 bridgehead atoms. The van der Waals surface area contributed by atoms with Crippen molar-refractivity contribution < 1.29 is 9.50 Å². The van der Waals surface area contributed by atoms with Crippen LogP contribution in [-0.4, -0.2) is 22.1 Å². The quantitative estimate of drug-likeness (QED) is 0.892. The second kappa shape index (κ2) is 5.22. The summed E-state index contributed by atoms with van der Waals surface area (Å²) in [6.45, 7) is 3.92. The van der Waals surface area contributed by atoms with Crippen LogP contribution in [0.3, 0.4) is 0 Å². The van der Waals surface area contributed by atoms with Gasteiger partial charge in [-0.05, 0) is 25.5 Å². The fourth-order valence-corrected chi connectivity index (χ4v) is 2.06. The SMILES string of the molecule is CCc1c(C)nc(-c2cc(O)cc(F)c2)nc1NC. The molecule has 0 saturated carbocycles. The van der Waals surface area contributed by atoms with Gasteiger partial charge in [-0.1, -0.05) is 6.92 Å². The Hall–Kier alpha value is -2.17. The highest BCUT2D eigenvalue weighted by Crippen LogP contribution is 2.25. The minimum Gasteiger partial charge on any atom is -0.508 e. The fraction of sp³-hybridized carbons (Fsp3) is 0.286. The zero-order valence-electron chi connectivity index (χ0n) is 11.2. The molecule has 0 aliphatic heterocycles. The predicted octanol–water partition coefficient (Wildman–Crippen LogP) is 2.90. The number of aromatic nitrogens is 2. The number of nitrogens with one attached hydrogen (secondary N) is 1. The molecule has 4 nitrogen and oxygen atoms in total. The topological polar surface area (TPSA) is 58.0 Å². The maximum Gasteiger partial charge on any atom is 0.162 e. The molecule has 1 aromatic heterocycles. The Balaban J connectivity index is 2.59. The molecule has 0 radical (unpaired) electrons. The van der Waals surface area contributed by atoms with Gasteiger partial charge in [0.15, 0.2) is 5.82 Å². The molecule has 1 heterocycles. The zero-order valence-corrected chi connectivity index (χ0v) is 11.2. The van der Waals surface area contributed by atoms with E-state index in [2.05, 4.69) is 15.3 Å². The lowest BCUT2D eigenvalue weighted by atomic mass is 10.1. The molecule has 100 valence electrons. The molecule has 2 N–H and O–H groups in total. The van der Waals surface area contributed by atoms with Gasteiger partial charge in [-0.25, -0.2) is 14.4 Å². The van der Waals surface area contributed by atoms with E-state index in [1.807, 2.05) is 13.8 Å².